The molecule has 0 heterocycles. The van der Waals surface area contributed by atoms with E-state index in [1.807, 2.05) is 0 Å². The predicted molar refractivity (Wildman–Crippen MR) is 86.4 cm³/mol. The molecule has 0 saturated heterocycles. The molecule has 7 nitrogen and oxygen atoms in total. The van der Waals surface area contributed by atoms with Crippen molar-refractivity contribution in [2.24, 2.45) is 0 Å². The normalized spacial score (nSPS) is 11.6. The second-order valence-electron chi connectivity index (χ2n) is 5.51. The second kappa shape index (κ2) is 8.15. The maximum atomic E-state index is 13.3. The van der Waals surface area contributed by atoms with Gasteiger partial charge in [0, 0.05) is 12.5 Å². The summed E-state index contributed by atoms with van der Waals surface area (Å²) in [6, 6.07) is 6.91. The van der Waals surface area contributed by atoms with E-state index in [4.69, 9.17) is 0 Å². The number of carbonyl (C=O) groups excluding carboxylic acids is 1. The van der Waals surface area contributed by atoms with Crippen molar-refractivity contribution in [1.82, 2.24) is 5.32 Å². The standard InChI is InChI=1S/C17H14F2N2O5/c18-12-3-1-2-10(6-12)9-16(22)20-14(17(23)24)7-11-4-5-13(19)15(8-11)21(25)26/h1-6,8,14H,7,9H2,(H,20,22)(H,23,24)/t14-/m1/s1. The fourth-order valence-electron chi connectivity index (χ4n) is 2.34. The van der Waals surface area contributed by atoms with Crippen LogP contribution in [0.1, 0.15) is 11.1 Å². The average Bonchev–Trinajstić information content (AvgIpc) is 2.55. The highest BCUT2D eigenvalue weighted by molar-refractivity contribution is 5.85. The van der Waals surface area contributed by atoms with Gasteiger partial charge in [-0.1, -0.05) is 18.2 Å². The molecule has 0 bridgehead atoms. The van der Waals surface area contributed by atoms with Crippen molar-refractivity contribution in [2.75, 3.05) is 0 Å². The fourth-order valence-corrected chi connectivity index (χ4v) is 2.34. The van der Waals surface area contributed by atoms with Gasteiger partial charge in [0.2, 0.25) is 11.7 Å². The van der Waals surface area contributed by atoms with Crippen LogP contribution in [0.3, 0.4) is 0 Å². The number of hydrogen-bond acceptors (Lipinski definition) is 4. The van der Waals surface area contributed by atoms with Gasteiger partial charge in [-0.05, 0) is 29.3 Å². The van der Waals surface area contributed by atoms with Crippen LogP contribution in [0.4, 0.5) is 14.5 Å². The molecule has 0 fully saturated rings. The topological polar surface area (TPSA) is 110 Å². The summed E-state index contributed by atoms with van der Waals surface area (Å²) >= 11 is 0. The molecular formula is C17H14F2N2O5. The Kier molecular flexibility index (Phi) is 5.94. The number of amides is 1. The van der Waals surface area contributed by atoms with E-state index >= 15 is 0 Å². The predicted octanol–water partition coefficient (Wildman–Crippen LogP) is 2.23. The largest absolute Gasteiger partial charge is 0.480 e. The lowest BCUT2D eigenvalue weighted by molar-refractivity contribution is -0.387. The number of halogens is 2. The number of nitro benzene ring substituents is 1. The van der Waals surface area contributed by atoms with Crippen LogP contribution in [0.5, 0.6) is 0 Å². The van der Waals surface area contributed by atoms with Gasteiger partial charge in [0.05, 0.1) is 11.3 Å². The van der Waals surface area contributed by atoms with E-state index in [0.29, 0.717) is 5.56 Å². The van der Waals surface area contributed by atoms with Gasteiger partial charge in [0.25, 0.3) is 0 Å². The Morgan fingerprint density at radius 3 is 2.50 bits per heavy atom. The van der Waals surface area contributed by atoms with Crippen molar-refractivity contribution in [3.8, 4) is 0 Å². The Morgan fingerprint density at radius 2 is 1.88 bits per heavy atom. The fraction of sp³-hybridized carbons (Fsp3) is 0.176. The molecule has 0 aliphatic carbocycles. The summed E-state index contributed by atoms with van der Waals surface area (Å²) in [5, 5.41) is 22.3. The van der Waals surface area contributed by atoms with Gasteiger partial charge in [-0.2, -0.15) is 4.39 Å². The maximum absolute atomic E-state index is 13.3. The van der Waals surface area contributed by atoms with Crippen molar-refractivity contribution in [1.29, 1.82) is 0 Å². The molecule has 2 rings (SSSR count). The van der Waals surface area contributed by atoms with Gasteiger partial charge in [-0.15, -0.1) is 0 Å². The van der Waals surface area contributed by atoms with Crippen LogP contribution in [0.25, 0.3) is 0 Å². The first kappa shape index (κ1) is 19.0. The van der Waals surface area contributed by atoms with Crippen LogP contribution in [0.2, 0.25) is 0 Å². The number of nitrogens with zero attached hydrogens (tertiary/aromatic N) is 1. The minimum absolute atomic E-state index is 0.177. The summed E-state index contributed by atoms with van der Waals surface area (Å²) in [7, 11) is 0. The summed E-state index contributed by atoms with van der Waals surface area (Å²) in [6.07, 6.45) is -0.504. The van der Waals surface area contributed by atoms with Gasteiger partial charge in [-0.25, -0.2) is 9.18 Å². The SMILES string of the molecule is O=C(Cc1cccc(F)c1)N[C@H](Cc1ccc(F)c([N+](=O)[O-])c1)C(=O)O. The average molecular weight is 364 g/mol. The molecule has 0 aliphatic heterocycles. The molecule has 2 aromatic rings. The Morgan fingerprint density at radius 1 is 1.15 bits per heavy atom. The smallest absolute Gasteiger partial charge is 0.326 e. The van der Waals surface area contributed by atoms with Gasteiger partial charge in [0.15, 0.2) is 0 Å². The van der Waals surface area contributed by atoms with E-state index in [2.05, 4.69) is 5.32 Å². The molecular weight excluding hydrogens is 350 g/mol. The third-order valence-electron chi connectivity index (χ3n) is 3.53. The lowest BCUT2D eigenvalue weighted by atomic mass is 10.0. The molecule has 136 valence electrons. The number of carbonyl (C=O) groups is 2. The quantitative estimate of drug-likeness (QED) is 0.578. The Balaban J connectivity index is 2.09. The Hall–Kier alpha value is -3.36. The summed E-state index contributed by atoms with van der Waals surface area (Å²) in [5.41, 5.74) is -0.238. The number of aliphatic carboxylic acids is 1. The van der Waals surface area contributed by atoms with E-state index in [1.54, 1.807) is 0 Å². The third-order valence-corrected chi connectivity index (χ3v) is 3.53. The molecule has 9 heteroatoms. The van der Waals surface area contributed by atoms with Crippen molar-refractivity contribution in [2.45, 2.75) is 18.9 Å². The van der Waals surface area contributed by atoms with Crippen LogP contribution in [-0.4, -0.2) is 27.9 Å². The highest BCUT2D eigenvalue weighted by Gasteiger charge is 2.23. The van der Waals surface area contributed by atoms with Crippen LogP contribution >= 0.6 is 0 Å². The molecule has 2 N–H and O–H groups in total. The zero-order valence-corrected chi connectivity index (χ0v) is 13.3. The first-order chi connectivity index (χ1) is 12.3. The molecule has 0 aromatic heterocycles. The first-order valence-corrected chi connectivity index (χ1v) is 7.45. The zero-order valence-electron chi connectivity index (χ0n) is 13.3. The molecule has 1 atom stereocenters. The first-order valence-electron chi connectivity index (χ1n) is 7.45. The van der Waals surface area contributed by atoms with E-state index in [9.17, 15) is 33.6 Å². The minimum Gasteiger partial charge on any atom is -0.480 e. The van der Waals surface area contributed by atoms with Crippen molar-refractivity contribution < 1.29 is 28.4 Å². The van der Waals surface area contributed by atoms with E-state index in [1.165, 1.54) is 24.3 Å². The number of rotatable bonds is 7. The Bertz CT molecular complexity index is 857. The van der Waals surface area contributed by atoms with Crippen molar-refractivity contribution in [3.63, 3.8) is 0 Å². The van der Waals surface area contributed by atoms with Gasteiger partial charge in [0.1, 0.15) is 11.9 Å². The van der Waals surface area contributed by atoms with Crippen LogP contribution in [0, 0.1) is 21.7 Å². The zero-order chi connectivity index (χ0) is 19.3. The number of nitro groups is 1. The molecule has 2 aromatic carbocycles. The molecule has 0 aliphatic rings. The molecule has 0 radical (unpaired) electrons. The minimum atomic E-state index is -1.37. The molecule has 26 heavy (non-hydrogen) atoms. The lowest BCUT2D eigenvalue weighted by Crippen LogP contribution is -2.43. The van der Waals surface area contributed by atoms with Crippen molar-refractivity contribution >= 4 is 17.6 Å². The molecule has 0 saturated carbocycles. The van der Waals surface area contributed by atoms with Crippen LogP contribution in [-0.2, 0) is 22.4 Å². The number of carboxylic acid groups (broad SMARTS) is 1. The number of nitrogens with one attached hydrogen (secondary N) is 1. The number of hydrogen-bond donors (Lipinski definition) is 2. The van der Waals surface area contributed by atoms with Crippen LogP contribution < -0.4 is 5.32 Å². The van der Waals surface area contributed by atoms with Crippen molar-refractivity contribution in [3.05, 3.63) is 75.3 Å². The molecule has 0 spiro atoms. The van der Waals surface area contributed by atoms with Gasteiger partial charge in [-0.3, -0.25) is 14.9 Å². The van der Waals surface area contributed by atoms with Crippen LogP contribution in [0.15, 0.2) is 42.5 Å². The number of benzene rings is 2. The third kappa shape index (κ3) is 5.07. The second-order valence-corrected chi connectivity index (χ2v) is 5.51. The highest BCUT2D eigenvalue weighted by Crippen LogP contribution is 2.19. The summed E-state index contributed by atoms with van der Waals surface area (Å²) in [4.78, 5) is 33.2. The molecule has 0 unspecified atom stereocenters. The monoisotopic (exact) mass is 364 g/mol. The van der Waals surface area contributed by atoms with Gasteiger partial charge < -0.3 is 10.4 Å². The maximum Gasteiger partial charge on any atom is 0.326 e. The summed E-state index contributed by atoms with van der Waals surface area (Å²) < 4.78 is 26.5. The highest BCUT2D eigenvalue weighted by atomic mass is 19.1. The van der Waals surface area contributed by atoms with Gasteiger partial charge >= 0.3 is 11.7 Å². The van der Waals surface area contributed by atoms with E-state index in [-0.39, 0.29) is 18.4 Å². The Labute approximate surface area is 146 Å². The lowest BCUT2D eigenvalue weighted by Gasteiger charge is -2.15. The summed E-state index contributed by atoms with van der Waals surface area (Å²) in [6.45, 7) is 0. The summed E-state index contributed by atoms with van der Waals surface area (Å²) in [5.74, 6) is -3.58. The number of carboxylic acids is 1. The van der Waals surface area contributed by atoms with E-state index in [0.717, 1.165) is 18.2 Å². The van der Waals surface area contributed by atoms with E-state index < -0.39 is 40.2 Å². The molecule has 1 amide bonds.